The van der Waals surface area contributed by atoms with Crippen LogP contribution in [0.1, 0.15) is 30.4 Å². The predicted molar refractivity (Wildman–Crippen MR) is 131 cm³/mol. The number of aromatic nitrogens is 2. The van der Waals surface area contributed by atoms with E-state index in [9.17, 15) is 5.11 Å². The molecule has 2 heterocycles. The number of hydrogen-bond donors (Lipinski definition) is 1. The molecular formula is C27H35N3O4. The van der Waals surface area contributed by atoms with Gasteiger partial charge in [0.15, 0.2) is 11.5 Å². The lowest BCUT2D eigenvalue weighted by molar-refractivity contribution is -0.0168. The Bertz CT molecular complexity index is 1020. The molecule has 0 saturated carbocycles. The van der Waals surface area contributed by atoms with Crippen molar-refractivity contribution >= 4 is 0 Å². The summed E-state index contributed by atoms with van der Waals surface area (Å²) in [5.74, 6) is 2.28. The molecule has 1 aromatic heterocycles. The number of nitrogens with zero attached hydrogens (tertiary/aromatic N) is 3. The summed E-state index contributed by atoms with van der Waals surface area (Å²) in [6, 6.07) is 14.1. The Balaban J connectivity index is 1.31. The molecule has 3 aromatic rings. The third-order valence-corrected chi connectivity index (χ3v) is 6.34. The van der Waals surface area contributed by atoms with E-state index in [0.29, 0.717) is 19.6 Å². The van der Waals surface area contributed by atoms with Crippen LogP contribution in [-0.2, 0) is 13.1 Å². The molecule has 1 saturated heterocycles. The third kappa shape index (κ3) is 6.74. The van der Waals surface area contributed by atoms with E-state index >= 15 is 0 Å². The molecule has 1 N–H and O–H groups in total. The van der Waals surface area contributed by atoms with E-state index < -0.39 is 5.60 Å². The molecule has 0 bridgehead atoms. The number of aliphatic hydroxyl groups is 1. The second-order valence-corrected chi connectivity index (χ2v) is 9.09. The molecule has 182 valence electrons. The monoisotopic (exact) mass is 465 g/mol. The Morgan fingerprint density at radius 2 is 1.88 bits per heavy atom. The van der Waals surface area contributed by atoms with E-state index in [2.05, 4.69) is 28.9 Å². The van der Waals surface area contributed by atoms with Crippen molar-refractivity contribution in [3.05, 3.63) is 72.3 Å². The fourth-order valence-corrected chi connectivity index (χ4v) is 4.26. The number of imidazole rings is 1. The Labute approximate surface area is 201 Å². The van der Waals surface area contributed by atoms with Gasteiger partial charge < -0.3 is 23.9 Å². The molecule has 0 aliphatic carbocycles. The molecule has 4 rings (SSSR count). The fourth-order valence-electron chi connectivity index (χ4n) is 4.26. The molecule has 7 nitrogen and oxygen atoms in total. The summed E-state index contributed by atoms with van der Waals surface area (Å²) in [7, 11) is 1.66. The lowest BCUT2D eigenvalue weighted by Crippen LogP contribution is -2.37. The first-order chi connectivity index (χ1) is 16.5. The SMILES string of the molecule is COc1ccc(CN2CCC[C@@](O)(COc3ccc(C)cc3)CC2)cc1OCCn1ccnc1. The normalized spacial score (nSPS) is 18.9. The highest BCUT2D eigenvalue weighted by Crippen LogP contribution is 2.30. The number of ether oxygens (including phenoxy) is 3. The third-order valence-electron chi connectivity index (χ3n) is 6.34. The molecule has 1 aliphatic heterocycles. The average molecular weight is 466 g/mol. The fraction of sp³-hybridized carbons (Fsp3) is 0.444. The van der Waals surface area contributed by atoms with E-state index in [1.54, 1.807) is 19.6 Å². The maximum Gasteiger partial charge on any atom is 0.161 e. The van der Waals surface area contributed by atoms with E-state index in [4.69, 9.17) is 14.2 Å². The number of hydrogen-bond acceptors (Lipinski definition) is 6. The van der Waals surface area contributed by atoms with Gasteiger partial charge in [0.1, 0.15) is 19.0 Å². The van der Waals surface area contributed by atoms with Gasteiger partial charge in [-0.1, -0.05) is 23.8 Å². The maximum atomic E-state index is 11.1. The largest absolute Gasteiger partial charge is 0.493 e. The van der Waals surface area contributed by atoms with Crippen LogP contribution in [0.25, 0.3) is 0 Å². The zero-order valence-corrected chi connectivity index (χ0v) is 20.2. The van der Waals surface area contributed by atoms with Gasteiger partial charge in [0.25, 0.3) is 0 Å². The zero-order chi connectivity index (χ0) is 23.8. The van der Waals surface area contributed by atoms with Crippen LogP contribution in [0.5, 0.6) is 17.2 Å². The van der Waals surface area contributed by atoms with Crippen LogP contribution in [0.15, 0.2) is 61.2 Å². The summed E-state index contributed by atoms with van der Waals surface area (Å²) < 4.78 is 19.4. The van der Waals surface area contributed by atoms with Crippen molar-refractivity contribution in [2.45, 2.75) is 44.9 Å². The molecule has 1 fully saturated rings. The van der Waals surface area contributed by atoms with Crippen LogP contribution in [0.2, 0.25) is 0 Å². The van der Waals surface area contributed by atoms with Crippen molar-refractivity contribution in [1.29, 1.82) is 0 Å². The van der Waals surface area contributed by atoms with Gasteiger partial charge in [-0.2, -0.15) is 0 Å². The Morgan fingerprint density at radius 3 is 2.65 bits per heavy atom. The van der Waals surface area contributed by atoms with Gasteiger partial charge in [-0.05, 0) is 62.6 Å². The van der Waals surface area contributed by atoms with Crippen molar-refractivity contribution in [1.82, 2.24) is 14.5 Å². The summed E-state index contributed by atoms with van der Waals surface area (Å²) in [5, 5.41) is 11.1. The van der Waals surface area contributed by atoms with E-state index in [1.165, 1.54) is 11.1 Å². The van der Waals surface area contributed by atoms with Gasteiger partial charge in [-0.3, -0.25) is 4.90 Å². The standard InChI is InChI=1S/C27H35N3O4/c1-22-4-7-24(8-5-22)34-20-27(31)10-3-13-29(14-11-27)19-23-6-9-25(32-2)26(18-23)33-17-16-30-15-12-28-21-30/h4-9,12,15,18,21,31H,3,10-11,13-14,16-17,19-20H2,1-2H3/t27-/m0/s1. The van der Waals surface area contributed by atoms with Crippen molar-refractivity contribution < 1.29 is 19.3 Å². The Kier molecular flexibility index (Phi) is 8.08. The highest BCUT2D eigenvalue weighted by molar-refractivity contribution is 5.43. The number of rotatable bonds is 10. The minimum absolute atomic E-state index is 0.321. The van der Waals surface area contributed by atoms with Gasteiger partial charge in [0.2, 0.25) is 0 Å². The molecule has 1 atom stereocenters. The van der Waals surface area contributed by atoms with Crippen LogP contribution < -0.4 is 14.2 Å². The van der Waals surface area contributed by atoms with Gasteiger partial charge in [0, 0.05) is 25.5 Å². The molecule has 0 amide bonds. The van der Waals surface area contributed by atoms with E-state index in [0.717, 1.165) is 56.3 Å². The summed E-state index contributed by atoms with van der Waals surface area (Å²) in [4.78, 5) is 6.45. The van der Waals surface area contributed by atoms with Crippen LogP contribution in [0.3, 0.4) is 0 Å². The summed E-state index contributed by atoms with van der Waals surface area (Å²) in [6.45, 7) is 6.19. The van der Waals surface area contributed by atoms with Gasteiger partial charge in [-0.15, -0.1) is 0 Å². The van der Waals surface area contributed by atoms with Gasteiger partial charge >= 0.3 is 0 Å². The van der Waals surface area contributed by atoms with Crippen molar-refractivity contribution in [2.24, 2.45) is 0 Å². The predicted octanol–water partition coefficient (Wildman–Crippen LogP) is 4.08. The molecular weight excluding hydrogens is 430 g/mol. The van der Waals surface area contributed by atoms with E-state index in [1.807, 2.05) is 41.1 Å². The molecule has 0 unspecified atom stereocenters. The minimum Gasteiger partial charge on any atom is -0.493 e. The van der Waals surface area contributed by atoms with Crippen LogP contribution >= 0.6 is 0 Å². The lowest BCUT2D eigenvalue weighted by atomic mass is 9.96. The van der Waals surface area contributed by atoms with Crippen molar-refractivity contribution in [3.8, 4) is 17.2 Å². The maximum absolute atomic E-state index is 11.1. The average Bonchev–Trinajstić information content (AvgIpc) is 3.29. The topological polar surface area (TPSA) is 69.0 Å². The van der Waals surface area contributed by atoms with Gasteiger partial charge in [-0.25, -0.2) is 4.98 Å². The number of methoxy groups -OCH3 is 1. The first-order valence-electron chi connectivity index (χ1n) is 11.9. The smallest absolute Gasteiger partial charge is 0.161 e. The quantitative estimate of drug-likeness (QED) is 0.487. The Hall–Kier alpha value is -3.03. The number of benzene rings is 2. The van der Waals surface area contributed by atoms with Crippen molar-refractivity contribution in [2.75, 3.05) is 33.4 Å². The highest BCUT2D eigenvalue weighted by atomic mass is 16.5. The first-order valence-corrected chi connectivity index (χ1v) is 11.9. The zero-order valence-electron chi connectivity index (χ0n) is 20.2. The minimum atomic E-state index is -0.804. The second kappa shape index (κ2) is 11.4. The number of likely N-dealkylation sites (tertiary alicyclic amines) is 1. The van der Waals surface area contributed by atoms with E-state index in [-0.39, 0.29) is 0 Å². The van der Waals surface area contributed by atoms with Crippen LogP contribution in [-0.4, -0.2) is 58.6 Å². The highest BCUT2D eigenvalue weighted by Gasteiger charge is 2.31. The lowest BCUT2D eigenvalue weighted by Gasteiger charge is -2.27. The summed E-state index contributed by atoms with van der Waals surface area (Å²) >= 11 is 0. The Morgan fingerprint density at radius 1 is 1.03 bits per heavy atom. The summed E-state index contributed by atoms with van der Waals surface area (Å²) in [6.07, 6.45) is 7.81. The van der Waals surface area contributed by atoms with Crippen LogP contribution in [0.4, 0.5) is 0 Å². The van der Waals surface area contributed by atoms with Gasteiger partial charge in [0.05, 0.1) is 25.6 Å². The molecule has 2 aromatic carbocycles. The summed E-state index contributed by atoms with van der Waals surface area (Å²) in [5.41, 5.74) is 1.56. The molecule has 34 heavy (non-hydrogen) atoms. The second-order valence-electron chi connectivity index (χ2n) is 9.09. The number of aryl methyl sites for hydroxylation is 1. The molecule has 1 aliphatic rings. The van der Waals surface area contributed by atoms with Crippen LogP contribution in [0, 0.1) is 6.92 Å². The molecule has 0 spiro atoms. The van der Waals surface area contributed by atoms with Crippen molar-refractivity contribution in [3.63, 3.8) is 0 Å². The first kappa shape index (κ1) is 24.1. The molecule has 7 heteroatoms. The molecule has 0 radical (unpaired) electrons.